The van der Waals surface area contributed by atoms with Gasteiger partial charge in [0.05, 0.1) is 11.9 Å². The number of aromatic nitrogens is 4. The summed E-state index contributed by atoms with van der Waals surface area (Å²) in [5, 5.41) is 7.78. The van der Waals surface area contributed by atoms with Gasteiger partial charge in [-0.3, -0.25) is 9.78 Å². The van der Waals surface area contributed by atoms with Crippen LogP contribution in [0, 0.1) is 13.8 Å². The third-order valence-electron chi connectivity index (χ3n) is 5.10. The number of aryl methyl sites for hydroxylation is 2. The minimum atomic E-state index is -0.129. The second-order valence-corrected chi connectivity index (χ2v) is 7.19. The van der Waals surface area contributed by atoms with Crippen molar-refractivity contribution in [2.24, 2.45) is 0 Å². The van der Waals surface area contributed by atoms with Gasteiger partial charge in [-0.1, -0.05) is 12.2 Å². The lowest BCUT2D eigenvalue weighted by atomic mass is 10.1. The minimum absolute atomic E-state index is 0.0752. The number of amides is 1. The molecule has 1 amide bonds. The first-order valence-corrected chi connectivity index (χ1v) is 9.51. The summed E-state index contributed by atoms with van der Waals surface area (Å²) < 4.78 is 1.85. The van der Waals surface area contributed by atoms with Crippen LogP contribution in [0.5, 0.6) is 0 Å². The summed E-state index contributed by atoms with van der Waals surface area (Å²) in [7, 11) is 0. The molecule has 0 aliphatic carbocycles. The van der Waals surface area contributed by atoms with Crippen LogP contribution in [0.15, 0.2) is 36.7 Å². The van der Waals surface area contributed by atoms with Crippen LogP contribution in [0.4, 0.5) is 5.82 Å². The van der Waals surface area contributed by atoms with Crippen LogP contribution < -0.4 is 10.2 Å². The summed E-state index contributed by atoms with van der Waals surface area (Å²) in [6, 6.07) is 5.87. The van der Waals surface area contributed by atoms with Crippen molar-refractivity contribution in [2.45, 2.75) is 33.2 Å². The third kappa shape index (κ3) is 3.47. The van der Waals surface area contributed by atoms with Crippen molar-refractivity contribution in [3.63, 3.8) is 0 Å². The lowest BCUT2D eigenvalue weighted by Crippen LogP contribution is -2.37. The maximum atomic E-state index is 12.6. The Morgan fingerprint density at radius 2 is 2.11 bits per heavy atom. The maximum Gasteiger partial charge on any atom is 0.270 e. The predicted molar refractivity (Wildman–Crippen MR) is 109 cm³/mol. The molecule has 1 N–H and O–H groups in total. The zero-order chi connectivity index (χ0) is 19.7. The molecule has 1 saturated heterocycles. The molecule has 1 aliphatic heterocycles. The van der Waals surface area contributed by atoms with E-state index in [0.29, 0.717) is 5.69 Å². The first kappa shape index (κ1) is 18.2. The zero-order valence-corrected chi connectivity index (χ0v) is 16.4. The van der Waals surface area contributed by atoms with E-state index in [-0.39, 0.29) is 11.9 Å². The van der Waals surface area contributed by atoms with Crippen LogP contribution in [-0.4, -0.2) is 44.6 Å². The smallest absolute Gasteiger partial charge is 0.270 e. The van der Waals surface area contributed by atoms with Crippen LogP contribution in [0.1, 0.15) is 40.7 Å². The van der Waals surface area contributed by atoms with Gasteiger partial charge in [0.2, 0.25) is 0 Å². The molecule has 4 rings (SSSR count). The van der Waals surface area contributed by atoms with E-state index < -0.39 is 0 Å². The average molecular weight is 376 g/mol. The Hall–Kier alpha value is -3.22. The molecule has 1 atom stereocenters. The summed E-state index contributed by atoms with van der Waals surface area (Å²) in [5.41, 5.74) is 4.37. The van der Waals surface area contributed by atoms with Crippen LogP contribution in [0.25, 0.3) is 11.7 Å². The number of hydrogen-bond donors (Lipinski definition) is 1. The SMILES string of the molecule is C/C=C\c1cnc(C(=O)N[C@H]2CCN(c3ccc4ncc(C)n4n3)C2)cc1C. The molecule has 0 bridgehead atoms. The summed E-state index contributed by atoms with van der Waals surface area (Å²) >= 11 is 0. The highest BCUT2D eigenvalue weighted by Crippen LogP contribution is 2.19. The fraction of sp³-hybridized carbons (Fsp3) is 0.333. The lowest BCUT2D eigenvalue weighted by molar-refractivity contribution is 0.0935. The van der Waals surface area contributed by atoms with Crippen molar-refractivity contribution in [3.05, 3.63) is 59.2 Å². The highest BCUT2D eigenvalue weighted by Gasteiger charge is 2.26. The van der Waals surface area contributed by atoms with Crippen molar-refractivity contribution in [2.75, 3.05) is 18.0 Å². The second-order valence-electron chi connectivity index (χ2n) is 7.19. The van der Waals surface area contributed by atoms with Gasteiger partial charge in [-0.25, -0.2) is 9.50 Å². The van der Waals surface area contributed by atoms with Gasteiger partial charge in [0, 0.05) is 25.3 Å². The van der Waals surface area contributed by atoms with Gasteiger partial charge >= 0.3 is 0 Å². The van der Waals surface area contributed by atoms with Gasteiger partial charge in [-0.2, -0.15) is 0 Å². The Bertz CT molecular complexity index is 1050. The summed E-state index contributed by atoms with van der Waals surface area (Å²) in [5.74, 6) is 0.769. The van der Waals surface area contributed by atoms with Crippen molar-refractivity contribution in [1.82, 2.24) is 24.9 Å². The van der Waals surface area contributed by atoms with Crippen molar-refractivity contribution >= 4 is 23.4 Å². The molecule has 0 aromatic carbocycles. The molecule has 1 fully saturated rings. The number of allylic oxidation sites excluding steroid dienone is 1. The van der Waals surface area contributed by atoms with E-state index in [2.05, 4.69) is 25.3 Å². The standard InChI is InChI=1S/C21H24N6O/c1-4-5-16-12-22-18(10-14(16)2)21(28)24-17-8-9-26(13-17)20-7-6-19-23-11-15(3)27(19)25-20/h4-7,10-12,17H,8-9,13H2,1-3H3,(H,24,28)/b5-4-/t17-/m0/s1. The van der Waals surface area contributed by atoms with Crippen molar-refractivity contribution < 1.29 is 4.79 Å². The average Bonchev–Trinajstić information content (AvgIpc) is 3.30. The van der Waals surface area contributed by atoms with E-state index >= 15 is 0 Å². The number of anilines is 1. The number of hydrogen-bond acceptors (Lipinski definition) is 5. The summed E-state index contributed by atoms with van der Waals surface area (Å²) in [6.07, 6.45) is 8.40. The minimum Gasteiger partial charge on any atom is -0.353 e. The van der Waals surface area contributed by atoms with E-state index in [1.165, 1.54) is 0 Å². The molecule has 4 heterocycles. The molecule has 0 radical (unpaired) electrons. The lowest BCUT2D eigenvalue weighted by Gasteiger charge is -2.18. The first-order chi connectivity index (χ1) is 13.5. The monoisotopic (exact) mass is 376 g/mol. The molecule has 3 aromatic rings. The number of imidazole rings is 1. The molecule has 0 saturated carbocycles. The maximum absolute atomic E-state index is 12.6. The largest absolute Gasteiger partial charge is 0.353 e. The van der Waals surface area contributed by atoms with Gasteiger partial charge in [0.25, 0.3) is 5.91 Å². The van der Waals surface area contributed by atoms with Crippen LogP contribution in [0.2, 0.25) is 0 Å². The normalized spacial score (nSPS) is 17.0. The highest BCUT2D eigenvalue weighted by molar-refractivity contribution is 5.93. The zero-order valence-electron chi connectivity index (χ0n) is 16.4. The first-order valence-electron chi connectivity index (χ1n) is 9.51. The fourth-order valence-electron chi connectivity index (χ4n) is 3.54. The Balaban J connectivity index is 1.43. The fourth-order valence-corrected chi connectivity index (χ4v) is 3.54. The van der Waals surface area contributed by atoms with E-state index in [0.717, 1.165) is 47.8 Å². The molecule has 144 valence electrons. The molecule has 7 heteroatoms. The van der Waals surface area contributed by atoms with Crippen LogP contribution in [0.3, 0.4) is 0 Å². The number of nitrogens with zero attached hydrogens (tertiary/aromatic N) is 5. The van der Waals surface area contributed by atoms with E-state index in [1.54, 1.807) is 6.20 Å². The molecule has 3 aromatic heterocycles. The van der Waals surface area contributed by atoms with Crippen LogP contribution >= 0.6 is 0 Å². The number of rotatable bonds is 4. The number of fused-ring (bicyclic) bond motifs is 1. The van der Waals surface area contributed by atoms with E-state index in [9.17, 15) is 4.79 Å². The Morgan fingerprint density at radius 1 is 1.25 bits per heavy atom. The number of nitrogens with one attached hydrogen (secondary N) is 1. The Kier molecular flexibility index (Phi) is 4.81. The van der Waals surface area contributed by atoms with Crippen molar-refractivity contribution in [1.29, 1.82) is 0 Å². The number of pyridine rings is 1. The van der Waals surface area contributed by atoms with Gasteiger partial charge in [-0.15, -0.1) is 5.10 Å². The summed E-state index contributed by atoms with van der Waals surface area (Å²) in [6.45, 7) is 7.52. The van der Waals surface area contributed by atoms with Gasteiger partial charge in [-0.05, 0) is 56.5 Å². The van der Waals surface area contributed by atoms with E-state index in [4.69, 9.17) is 0 Å². The third-order valence-corrected chi connectivity index (χ3v) is 5.10. The highest BCUT2D eigenvalue weighted by atomic mass is 16.1. The van der Waals surface area contributed by atoms with Crippen molar-refractivity contribution in [3.8, 4) is 0 Å². The molecule has 28 heavy (non-hydrogen) atoms. The summed E-state index contributed by atoms with van der Waals surface area (Å²) in [4.78, 5) is 23.4. The predicted octanol–water partition coefficient (Wildman–Crippen LogP) is 2.78. The quantitative estimate of drug-likeness (QED) is 0.758. The van der Waals surface area contributed by atoms with Gasteiger partial charge in [0.1, 0.15) is 11.5 Å². The van der Waals surface area contributed by atoms with Gasteiger partial charge in [0.15, 0.2) is 5.65 Å². The molecule has 0 unspecified atom stereocenters. The molecule has 1 aliphatic rings. The Morgan fingerprint density at radius 3 is 2.89 bits per heavy atom. The topological polar surface area (TPSA) is 75.4 Å². The van der Waals surface area contributed by atoms with Crippen LogP contribution in [-0.2, 0) is 0 Å². The van der Waals surface area contributed by atoms with E-state index in [1.807, 2.05) is 61.8 Å². The molecule has 0 spiro atoms. The number of carbonyl (C=O) groups is 1. The second kappa shape index (κ2) is 7.42. The number of carbonyl (C=O) groups excluding carboxylic acids is 1. The Labute approximate surface area is 164 Å². The van der Waals surface area contributed by atoms with Gasteiger partial charge < -0.3 is 10.2 Å². The molecular weight excluding hydrogens is 352 g/mol. The molecule has 7 nitrogen and oxygen atoms in total. The molecular formula is C21H24N6O.